The van der Waals surface area contributed by atoms with Crippen LogP contribution < -0.4 is 10.1 Å². The number of hydrogen-bond acceptors (Lipinski definition) is 5. The average Bonchev–Trinajstić information content (AvgIpc) is 2.88. The number of ether oxygens (including phenoxy) is 1. The van der Waals surface area contributed by atoms with E-state index in [1.54, 1.807) is 18.4 Å². The van der Waals surface area contributed by atoms with Crippen LogP contribution in [0.25, 0.3) is 0 Å². The van der Waals surface area contributed by atoms with Crippen molar-refractivity contribution in [3.8, 4) is 5.88 Å². The predicted molar refractivity (Wildman–Crippen MR) is 78.8 cm³/mol. The highest BCUT2D eigenvalue weighted by molar-refractivity contribution is 7.10. The number of methoxy groups -OCH3 is 1. The first-order valence-corrected chi connectivity index (χ1v) is 7.17. The van der Waals surface area contributed by atoms with E-state index in [-0.39, 0.29) is 6.04 Å². The van der Waals surface area contributed by atoms with Crippen LogP contribution in [0, 0.1) is 12.8 Å². The van der Waals surface area contributed by atoms with Gasteiger partial charge in [-0.25, -0.2) is 4.98 Å². The summed E-state index contributed by atoms with van der Waals surface area (Å²) in [5, 5.41) is 5.57. The largest absolute Gasteiger partial charge is 0.481 e. The highest BCUT2D eigenvalue weighted by atomic mass is 32.1. The second-order valence-electron chi connectivity index (χ2n) is 4.72. The van der Waals surface area contributed by atoms with Crippen LogP contribution in [-0.4, -0.2) is 17.1 Å². The summed E-state index contributed by atoms with van der Waals surface area (Å²) in [7, 11) is 1.62. The van der Waals surface area contributed by atoms with Gasteiger partial charge in [0.1, 0.15) is 11.6 Å². The summed E-state index contributed by atoms with van der Waals surface area (Å²) in [6, 6.07) is 6.30. The fourth-order valence-electron chi connectivity index (χ4n) is 1.91. The van der Waals surface area contributed by atoms with Gasteiger partial charge in [-0.1, -0.05) is 19.9 Å². The number of aromatic nitrogens is 2. The minimum absolute atomic E-state index is 0.249. The van der Waals surface area contributed by atoms with E-state index >= 15 is 0 Å². The van der Waals surface area contributed by atoms with Crippen molar-refractivity contribution in [2.45, 2.75) is 26.8 Å². The van der Waals surface area contributed by atoms with Crippen LogP contribution >= 0.6 is 11.3 Å². The Hall–Kier alpha value is -1.62. The van der Waals surface area contributed by atoms with Crippen molar-refractivity contribution in [3.63, 3.8) is 0 Å². The Morgan fingerprint density at radius 1 is 1.32 bits per heavy atom. The van der Waals surface area contributed by atoms with Gasteiger partial charge in [-0.2, -0.15) is 4.98 Å². The minimum Gasteiger partial charge on any atom is -0.481 e. The quantitative estimate of drug-likeness (QED) is 0.906. The number of anilines is 1. The van der Waals surface area contributed by atoms with Crippen LogP contribution in [0.3, 0.4) is 0 Å². The lowest BCUT2D eigenvalue weighted by molar-refractivity contribution is 0.395. The van der Waals surface area contributed by atoms with Crippen molar-refractivity contribution in [2.75, 3.05) is 12.4 Å². The maximum atomic E-state index is 5.18. The lowest BCUT2D eigenvalue weighted by atomic mass is 10.0. The molecule has 1 N–H and O–H groups in total. The van der Waals surface area contributed by atoms with Crippen molar-refractivity contribution in [2.24, 2.45) is 5.92 Å². The Kier molecular flexibility index (Phi) is 4.37. The molecule has 0 amide bonds. The highest BCUT2D eigenvalue weighted by Gasteiger charge is 2.17. The van der Waals surface area contributed by atoms with E-state index in [4.69, 9.17) is 4.74 Å². The number of nitrogens with zero attached hydrogens (tertiary/aromatic N) is 2. The molecule has 4 nitrogen and oxygen atoms in total. The zero-order valence-corrected chi connectivity index (χ0v) is 12.5. The van der Waals surface area contributed by atoms with Crippen LogP contribution in [0.4, 0.5) is 5.82 Å². The smallest absolute Gasteiger partial charge is 0.218 e. The number of thiophene rings is 1. The van der Waals surface area contributed by atoms with Gasteiger partial charge in [-0.15, -0.1) is 11.3 Å². The molecule has 2 aromatic heterocycles. The minimum atomic E-state index is 0.249. The first-order valence-electron chi connectivity index (χ1n) is 6.29. The van der Waals surface area contributed by atoms with Crippen LogP contribution in [0.2, 0.25) is 0 Å². The normalized spacial score (nSPS) is 12.5. The monoisotopic (exact) mass is 277 g/mol. The van der Waals surface area contributed by atoms with E-state index in [0.29, 0.717) is 17.6 Å². The summed E-state index contributed by atoms with van der Waals surface area (Å²) in [4.78, 5) is 9.92. The molecule has 0 spiro atoms. The molecule has 0 saturated heterocycles. The Balaban J connectivity index is 2.24. The Morgan fingerprint density at radius 2 is 2.11 bits per heavy atom. The number of nitrogens with one attached hydrogen (secondary N) is 1. The van der Waals surface area contributed by atoms with E-state index in [0.717, 1.165) is 5.82 Å². The zero-order valence-electron chi connectivity index (χ0n) is 11.7. The fraction of sp³-hybridized carbons (Fsp3) is 0.429. The first kappa shape index (κ1) is 13.8. The van der Waals surface area contributed by atoms with E-state index < -0.39 is 0 Å². The topological polar surface area (TPSA) is 47.0 Å². The second-order valence-corrected chi connectivity index (χ2v) is 5.70. The number of hydrogen-bond donors (Lipinski definition) is 1. The molecule has 19 heavy (non-hydrogen) atoms. The van der Waals surface area contributed by atoms with Crippen molar-refractivity contribution in [1.29, 1.82) is 0 Å². The summed E-state index contributed by atoms with van der Waals surface area (Å²) >= 11 is 1.76. The van der Waals surface area contributed by atoms with Crippen LogP contribution in [0.5, 0.6) is 5.88 Å². The van der Waals surface area contributed by atoms with Gasteiger partial charge in [-0.05, 0) is 24.3 Å². The molecule has 1 atom stereocenters. The molecule has 2 rings (SSSR count). The summed E-state index contributed by atoms with van der Waals surface area (Å²) in [5.74, 6) is 2.57. The lowest BCUT2D eigenvalue weighted by Crippen LogP contribution is -2.16. The molecule has 2 aromatic rings. The van der Waals surface area contributed by atoms with Gasteiger partial charge in [0, 0.05) is 10.9 Å². The molecule has 0 saturated carbocycles. The van der Waals surface area contributed by atoms with Gasteiger partial charge in [0.25, 0.3) is 0 Å². The van der Waals surface area contributed by atoms with E-state index in [9.17, 15) is 0 Å². The molecular formula is C14H19N3OS. The Labute approximate surface area is 117 Å². The van der Waals surface area contributed by atoms with Crippen molar-refractivity contribution >= 4 is 17.2 Å². The average molecular weight is 277 g/mol. The first-order chi connectivity index (χ1) is 9.10. The fourth-order valence-corrected chi connectivity index (χ4v) is 2.86. The third-order valence-electron chi connectivity index (χ3n) is 2.84. The maximum Gasteiger partial charge on any atom is 0.218 e. The van der Waals surface area contributed by atoms with E-state index in [1.807, 2.05) is 13.0 Å². The Bertz CT molecular complexity index is 525. The Morgan fingerprint density at radius 3 is 2.68 bits per heavy atom. The second kappa shape index (κ2) is 6.02. The van der Waals surface area contributed by atoms with Crippen LogP contribution in [0.15, 0.2) is 23.6 Å². The zero-order chi connectivity index (χ0) is 13.8. The highest BCUT2D eigenvalue weighted by Crippen LogP contribution is 2.29. The number of rotatable bonds is 5. The lowest BCUT2D eigenvalue weighted by Gasteiger charge is -2.22. The van der Waals surface area contributed by atoms with Gasteiger partial charge in [0.05, 0.1) is 13.2 Å². The summed E-state index contributed by atoms with van der Waals surface area (Å²) < 4.78 is 5.18. The molecule has 0 aliphatic carbocycles. The molecule has 0 fully saturated rings. The van der Waals surface area contributed by atoms with E-state index in [1.165, 1.54) is 4.88 Å². The molecule has 0 aliphatic rings. The van der Waals surface area contributed by atoms with Crippen molar-refractivity contribution in [1.82, 2.24) is 9.97 Å². The van der Waals surface area contributed by atoms with Gasteiger partial charge in [-0.3, -0.25) is 0 Å². The molecule has 0 aromatic carbocycles. The van der Waals surface area contributed by atoms with Gasteiger partial charge in [0.2, 0.25) is 5.88 Å². The number of aryl methyl sites for hydroxylation is 1. The van der Waals surface area contributed by atoms with Gasteiger partial charge >= 0.3 is 0 Å². The standard InChI is InChI=1S/C14H19N3OS/c1-9(2)14(11-6-5-7-19-11)17-12-8-13(18-4)16-10(3)15-12/h5-9,14H,1-4H3,(H,15,16,17). The molecule has 2 heterocycles. The molecule has 102 valence electrons. The van der Waals surface area contributed by atoms with Crippen LogP contribution in [0.1, 0.15) is 30.6 Å². The van der Waals surface area contributed by atoms with Crippen molar-refractivity contribution in [3.05, 3.63) is 34.3 Å². The van der Waals surface area contributed by atoms with Crippen LogP contribution in [-0.2, 0) is 0 Å². The molecule has 0 radical (unpaired) electrons. The SMILES string of the molecule is COc1cc(NC(c2cccs2)C(C)C)nc(C)n1. The predicted octanol–water partition coefficient (Wildman–Crippen LogP) is 3.66. The molecule has 0 aliphatic heterocycles. The summed E-state index contributed by atoms with van der Waals surface area (Å²) in [6.07, 6.45) is 0. The molecule has 1 unspecified atom stereocenters. The molecule has 0 bridgehead atoms. The van der Waals surface area contributed by atoms with E-state index in [2.05, 4.69) is 46.6 Å². The molecule has 5 heteroatoms. The summed E-state index contributed by atoms with van der Waals surface area (Å²) in [6.45, 7) is 6.26. The van der Waals surface area contributed by atoms with Gasteiger partial charge < -0.3 is 10.1 Å². The summed E-state index contributed by atoms with van der Waals surface area (Å²) in [5.41, 5.74) is 0. The third-order valence-corrected chi connectivity index (χ3v) is 3.80. The maximum absolute atomic E-state index is 5.18. The van der Waals surface area contributed by atoms with Crippen molar-refractivity contribution < 1.29 is 4.74 Å². The molecular weight excluding hydrogens is 258 g/mol. The third kappa shape index (κ3) is 3.44. The van der Waals surface area contributed by atoms with Gasteiger partial charge in [0.15, 0.2) is 0 Å².